The summed E-state index contributed by atoms with van der Waals surface area (Å²) in [5.74, 6) is -0.411. The van der Waals surface area contributed by atoms with Gasteiger partial charge in [0.25, 0.3) is 0 Å². The van der Waals surface area contributed by atoms with Gasteiger partial charge in [-0.05, 0) is 39.6 Å². The summed E-state index contributed by atoms with van der Waals surface area (Å²) in [6.07, 6.45) is 1.19. The van der Waals surface area contributed by atoms with Gasteiger partial charge >= 0.3 is 5.97 Å². The molecule has 0 heterocycles. The van der Waals surface area contributed by atoms with Gasteiger partial charge in [-0.25, -0.2) is 4.79 Å². The summed E-state index contributed by atoms with van der Waals surface area (Å²) in [5, 5.41) is 4.73. The molecule has 0 spiro atoms. The van der Waals surface area contributed by atoms with Crippen LogP contribution in [-0.2, 0) is 16.1 Å². The first kappa shape index (κ1) is 15.0. The van der Waals surface area contributed by atoms with Crippen LogP contribution in [0.5, 0.6) is 0 Å². The predicted molar refractivity (Wildman–Crippen MR) is 95.0 cm³/mol. The van der Waals surface area contributed by atoms with Crippen molar-refractivity contribution in [2.45, 2.75) is 13.5 Å². The summed E-state index contributed by atoms with van der Waals surface area (Å²) < 4.78 is 5.24. The highest BCUT2D eigenvalue weighted by Crippen LogP contribution is 2.28. The number of hydrogen-bond donors (Lipinski definition) is 0. The van der Waals surface area contributed by atoms with Crippen LogP contribution < -0.4 is 0 Å². The standard InChI is InChI=1S/C21H18O2/c1-3-20(22)23-14-18-9-6-4-5-8-16-10-7-11-17-12-13-19(18)15(2)21(16)17/h3-13H,1,14H2,2H3. The molecule has 0 aliphatic carbocycles. The molecular weight excluding hydrogens is 284 g/mol. The van der Waals surface area contributed by atoms with E-state index in [1.165, 1.54) is 27.8 Å². The summed E-state index contributed by atoms with van der Waals surface area (Å²) in [6.45, 7) is 5.78. The Morgan fingerprint density at radius 1 is 1.00 bits per heavy atom. The second-order valence-corrected chi connectivity index (χ2v) is 5.43. The van der Waals surface area contributed by atoms with E-state index in [9.17, 15) is 4.79 Å². The fourth-order valence-corrected chi connectivity index (χ4v) is 2.90. The van der Waals surface area contributed by atoms with Crippen LogP contribution >= 0.6 is 0 Å². The molecule has 0 N–H and O–H groups in total. The van der Waals surface area contributed by atoms with Gasteiger partial charge in [0, 0.05) is 6.08 Å². The van der Waals surface area contributed by atoms with E-state index in [4.69, 9.17) is 4.74 Å². The molecule has 0 aliphatic heterocycles. The van der Waals surface area contributed by atoms with Gasteiger partial charge in [0.1, 0.15) is 6.61 Å². The van der Waals surface area contributed by atoms with Crippen LogP contribution in [0.3, 0.4) is 0 Å². The van der Waals surface area contributed by atoms with Crippen LogP contribution in [0, 0.1) is 6.92 Å². The average molecular weight is 302 g/mol. The first-order valence-electron chi connectivity index (χ1n) is 7.56. The molecule has 2 heteroatoms. The van der Waals surface area contributed by atoms with Gasteiger partial charge in [0.2, 0.25) is 0 Å². The lowest BCUT2D eigenvalue weighted by molar-refractivity contribution is -0.138. The van der Waals surface area contributed by atoms with E-state index >= 15 is 0 Å². The van der Waals surface area contributed by atoms with E-state index in [1.54, 1.807) is 0 Å². The van der Waals surface area contributed by atoms with Crippen LogP contribution in [0.1, 0.15) is 11.1 Å². The van der Waals surface area contributed by atoms with E-state index in [-0.39, 0.29) is 6.61 Å². The Kier molecular flexibility index (Phi) is 4.24. The zero-order valence-corrected chi connectivity index (χ0v) is 13.1. The number of esters is 1. The van der Waals surface area contributed by atoms with Gasteiger partial charge in [0.05, 0.1) is 0 Å². The molecule has 114 valence electrons. The Bertz CT molecular complexity index is 923. The second kappa shape index (κ2) is 6.49. The van der Waals surface area contributed by atoms with Crippen LogP contribution in [-0.4, -0.2) is 5.97 Å². The minimum Gasteiger partial charge on any atom is -0.458 e. The maximum absolute atomic E-state index is 11.4. The fraction of sp³-hybridized carbons (Fsp3) is 0.0952. The molecule has 3 aromatic carbocycles. The van der Waals surface area contributed by atoms with E-state index in [2.05, 4.69) is 49.9 Å². The van der Waals surface area contributed by atoms with E-state index < -0.39 is 5.97 Å². The van der Waals surface area contributed by atoms with Gasteiger partial charge in [0.15, 0.2) is 0 Å². The lowest BCUT2D eigenvalue weighted by Crippen LogP contribution is -2.00. The number of hydrogen-bond acceptors (Lipinski definition) is 2. The Labute approximate surface area is 135 Å². The fourth-order valence-electron chi connectivity index (χ4n) is 2.90. The number of rotatable bonds is 3. The third-order valence-corrected chi connectivity index (χ3v) is 4.02. The van der Waals surface area contributed by atoms with E-state index in [1.807, 2.05) is 24.3 Å². The Morgan fingerprint density at radius 3 is 2.48 bits per heavy atom. The zero-order valence-electron chi connectivity index (χ0n) is 13.1. The highest BCUT2D eigenvalue weighted by atomic mass is 16.5. The first-order valence-corrected chi connectivity index (χ1v) is 7.56. The molecule has 0 amide bonds. The lowest BCUT2D eigenvalue weighted by atomic mass is 9.96. The number of fused-ring (bicyclic) bond motifs is 1. The van der Waals surface area contributed by atoms with Crippen molar-refractivity contribution in [2.24, 2.45) is 0 Å². The highest BCUT2D eigenvalue weighted by Gasteiger charge is 2.06. The molecule has 0 radical (unpaired) electrons. The van der Waals surface area contributed by atoms with Crippen molar-refractivity contribution in [3.63, 3.8) is 0 Å². The second-order valence-electron chi connectivity index (χ2n) is 5.43. The Balaban J connectivity index is 2.29. The summed E-state index contributed by atoms with van der Waals surface area (Å²) >= 11 is 0. The summed E-state index contributed by atoms with van der Waals surface area (Å²) in [4.78, 5) is 11.4. The predicted octanol–water partition coefficient (Wildman–Crippen LogP) is 5.09. The third kappa shape index (κ3) is 3.02. The zero-order chi connectivity index (χ0) is 16.2. The molecule has 0 aliphatic rings. The van der Waals surface area contributed by atoms with Gasteiger partial charge in [-0.1, -0.05) is 67.2 Å². The van der Waals surface area contributed by atoms with Crippen molar-refractivity contribution in [3.05, 3.63) is 84.4 Å². The van der Waals surface area contributed by atoms with E-state index in [0.29, 0.717) is 0 Å². The SMILES string of the molecule is C=CC(=O)OCc1cccccc2cccc3ccc1c(C)c23. The smallest absolute Gasteiger partial charge is 0.330 e. The van der Waals surface area contributed by atoms with Crippen molar-refractivity contribution < 1.29 is 9.53 Å². The van der Waals surface area contributed by atoms with Crippen molar-refractivity contribution in [3.8, 4) is 0 Å². The molecule has 23 heavy (non-hydrogen) atoms. The van der Waals surface area contributed by atoms with Crippen molar-refractivity contribution in [2.75, 3.05) is 0 Å². The van der Waals surface area contributed by atoms with E-state index in [0.717, 1.165) is 10.9 Å². The Hall–Kier alpha value is -2.87. The summed E-state index contributed by atoms with van der Waals surface area (Å²) in [6, 6.07) is 20.6. The molecule has 3 aromatic rings. The van der Waals surface area contributed by atoms with Gasteiger partial charge < -0.3 is 4.74 Å². The average Bonchev–Trinajstić information content (AvgIpc) is 2.57. The van der Waals surface area contributed by atoms with Crippen molar-refractivity contribution in [1.82, 2.24) is 0 Å². The molecule has 3 rings (SSSR count). The third-order valence-electron chi connectivity index (χ3n) is 4.02. The van der Waals surface area contributed by atoms with Crippen LogP contribution in [0.15, 0.2) is 73.3 Å². The molecule has 2 bridgehead atoms. The molecule has 0 aromatic heterocycles. The number of benzene rings is 2. The molecule has 0 unspecified atom stereocenters. The number of ether oxygens (including phenoxy) is 1. The normalized spacial score (nSPS) is 10.5. The van der Waals surface area contributed by atoms with Gasteiger partial charge in [-0.2, -0.15) is 0 Å². The molecule has 0 saturated heterocycles. The Morgan fingerprint density at radius 2 is 1.70 bits per heavy atom. The maximum Gasteiger partial charge on any atom is 0.330 e. The van der Waals surface area contributed by atoms with Crippen LogP contribution in [0.4, 0.5) is 0 Å². The lowest BCUT2D eigenvalue weighted by Gasteiger charge is -2.10. The van der Waals surface area contributed by atoms with Gasteiger partial charge in [-0.15, -0.1) is 0 Å². The minimum atomic E-state index is -0.411. The number of aryl methyl sites for hydroxylation is 1. The number of carbonyl (C=O) groups is 1. The van der Waals surface area contributed by atoms with Crippen molar-refractivity contribution >= 4 is 27.5 Å². The van der Waals surface area contributed by atoms with Crippen LogP contribution in [0.2, 0.25) is 0 Å². The van der Waals surface area contributed by atoms with Crippen molar-refractivity contribution in [1.29, 1.82) is 0 Å². The molecule has 0 saturated carbocycles. The summed E-state index contributed by atoms with van der Waals surface area (Å²) in [5.41, 5.74) is 2.17. The van der Waals surface area contributed by atoms with Crippen LogP contribution in [0.25, 0.3) is 21.5 Å². The molecule has 0 fully saturated rings. The topological polar surface area (TPSA) is 26.3 Å². The monoisotopic (exact) mass is 302 g/mol. The first-order chi connectivity index (χ1) is 11.2. The molecule has 0 atom stereocenters. The quantitative estimate of drug-likeness (QED) is 0.497. The highest BCUT2D eigenvalue weighted by molar-refractivity contribution is 6.04. The number of carbonyl (C=O) groups excluding carboxylic acids is 1. The summed E-state index contributed by atoms with van der Waals surface area (Å²) in [7, 11) is 0. The molecular formula is C21H18O2. The largest absolute Gasteiger partial charge is 0.458 e. The maximum atomic E-state index is 11.4. The molecule has 2 nitrogen and oxygen atoms in total. The van der Waals surface area contributed by atoms with Gasteiger partial charge in [-0.3, -0.25) is 0 Å². The minimum absolute atomic E-state index is 0.230.